The van der Waals surface area contributed by atoms with Gasteiger partial charge < -0.3 is 16.2 Å². The molecule has 20 heavy (non-hydrogen) atoms. The van der Waals surface area contributed by atoms with Crippen molar-refractivity contribution in [3.63, 3.8) is 0 Å². The van der Waals surface area contributed by atoms with E-state index in [2.05, 4.69) is 34.0 Å². The zero-order valence-electron chi connectivity index (χ0n) is 11.1. The van der Waals surface area contributed by atoms with Gasteiger partial charge >= 0.3 is 0 Å². The van der Waals surface area contributed by atoms with Crippen LogP contribution in [0.5, 0.6) is 0 Å². The van der Waals surface area contributed by atoms with E-state index in [1.807, 2.05) is 18.2 Å². The van der Waals surface area contributed by atoms with Crippen LogP contribution in [-0.2, 0) is 5.75 Å². The lowest BCUT2D eigenvalue weighted by molar-refractivity contribution is 0.824. The molecule has 0 saturated carbocycles. The van der Waals surface area contributed by atoms with Gasteiger partial charge in [0.2, 0.25) is 0 Å². The molecular formula is C14H16N4OS. The Morgan fingerprint density at radius 1 is 1.20 bits per heavy atom. The van der Waals surface area contributed by atoms with E-state index >= 15 is 0 Å². The molecule has 3 rings (SSSR count). The number of aryl methyl sites for hydroxylation is 1. The van der Waals surface area contributed by atoms with Crippen LogP contribution in [0.3, 0.4) is 0 Å². The van der Waals surface area contributed by atoms with Crippen molar-refractivity contribution in [3.8, 4) is 0 Å². The van der Waals surface area contributed by atoms with Gasteiger partial charge in [0.1, 0.15) is 5.82 Å². The Labute approximate surface area is 120 Å². The molecule has 0 unspecified atom stereocenters. The molecule has 0 fully saturated rings. The monoisotopic (exact) mass is 288 g/mol. The van der Waals surface area contributed by atoms with Crippen molar-refractivity contribution in [2.75, 3.05) is 5.73 Å². The molecule has 0 aliphatic rings. The van der Waals surface area contributed by atoms with Gasteiger partial charge in [0, 0.05) is 5.75 Å². The summed E-state index contributed by atoms with van der Waals surface area (Å²) in [6.45, 7) is 2.07. The largest absolute Gasteiger partial charge is 0.412 e. The zero-order chi connectivity index (χ0) is 13.2. The highest BCUT2D eigenvalue weighted by atomic mass is 32.2. The summed E-state index contributed by atoms with van der Waals surface area (Å²) < 4.78 is 0. The van der Waals surface area contributed by atoms with Crippen LogP contribution >= 0.6 is 11.8 Å². The van der Waals surface area contributed by atoms with E-state index in [-0.39, 0.29) is 5.48 Å². The third-order valence-electron chi connectivity index (χ3n) is 2.80. The number of fused-ring (bicyclic) bond motifs is 1. The maximum Gasteiger partial charge on any atom is 0.166 e. The first-order valence-electron chi connectivity index (χ1n) is 6.01. The summed E-state index contributed by atoms with van der Waals surface area (Å²) in [5.41, 5.74) is 9.91. The highest BCUT2D eigenvalue weighted by Crippen LogP contribution is 2.23. The number of aromatic nitrogens is 3. The van der Waals surface area contributed by atoms with Crippen molar-refractivity contribution in [3.05, 3.63) is 47.7 Å². The molecule has 6 heteroatoms. The average Bonchev–Trinajstić information content (AvgIpc) is 2.78. The third kappa shape index (κ3) is 3.09. The average molecular weight is 288 g/mol. The molecule has 3 aromatic rings. The Balaban J connectivity index is 0.00000147. The lowest BCUT2D eigenvalue weighted by atomic mass is 10.2. The lowest BCUT2D eigenvalue weighted by Crippen LogP contribution is -1.93. The molecule has 1 aromatic carbocycles. The minimum Gasteiger partial charge on any atom is -0.412 e. The summed E-state index contributed by atoms with van der Waals surface area (Å²) in [4.78, 5) is 12.1. The van der Waals surface area contributed by atoms with Crippen LogP contribution in [0.1, 0.15) is 11.3 Å². The smallest absolute Gasteiger partial charge is 0.166 e. The molecule has 5 N–H and O–H groups in total. The molecule has 0 aliphatic carbocycles. The van der Waals surface area contributed by atoms with E-state index in [4.69, 9.17) is 5.73 Å². The summed E-state index contributed by atoms with van der Waals surface area (Å²) >= 11 is 1.63. The van der Waals surface area contributed by atoms with Crippen molar-refractivity contribution in [1.29, 1.82) is 0 Å². The summed E-state index contributed by atoms with van der Waals surface area (Å²) in [6.07, 6.45) is 0. The molecule has 0 radical (unpaired) electrons. The highest BCUT2D eigenvalue weighted by molar-refractivity contribution is 7.98. The van der Waals surface area contributed by atoms with E-state index < -0.39 is 0 Å². The van der Waals surface area contributed by atoms with Gasteiger partial charge in [-0.15, -0.1) is 0 Å². The van der Waals surface area contributed by atoms with E-state index in [0.717, 1.165) is 27.6 Å². The van der Waals surface area contributed by atoms with Crippen molar-refractivity contribution in [2.45, 2.75) is 17.8 Å². The first-order valence-corrected chi connectivity index (χ1v) is 7.00. The maximum absolute atomic E-state index is 5.66. The fraction of sp³-hybridized carbons (Fsp3) is 0.143. The van der Waals surface area contributed by atoms with Crippen LogP contribution in [0.2, 0.25) is 0 Å². The van der Waals surface area contributed by atoms with Crippen molar-refractivity contribution < 1.29 is 5.48 Å². The van der Waals surface area contributed by atoms with Crippen LogP contribution in [-0.4, -0.2) is 20.4 Å². The summed E-state index contributed by atoms with van der Waals surface area (Å²) in [6, 6.07) is 11.9. The molecule has 0 atom stereocenters. The number of hydrogen-bond acceptors (Lipinski definition) is 4. The third-order valence-corrected chi connectivity index (χ3v) is 3.71. The fourth-order valence-corrected chi connectivity index (χ4v) is 2.68. The number of aromatic amines is 1. The van der Waals surface area contributed by atoms with E-state index in [9.17, 15) is 0 Å². The number of rotatable bonds is 3. The number of anilines is 1. The van der Waals surface area contributed by atoms with Gasteiger partial charge in [0.25, 0.3) is 0 Å². The first kappa shape index (κ1) is 14.4. The predicted molar refractivity (Wildman–Crippen MR) is 82.7 cm³/mol. The van der Waals surface area contributed by atoms with Crippen molar-refractivity contribution in [1.82, 2.24) is 15.0 Å². The number of thioether (sulfide) groups is 1. The second-order valence-electron chi connectivity index (χ2n) is 4.41. The zero-order valence-corrected chi connectivity index (χ0v) is 11.9. The predicted octanol–water partition coefficient (Wildman–Crippen LogP) is 2.32. The van der Waals surface area contributed by atoms with Crippen molar-refractivity contribution in [2.24, 2.45) is 0 Å². The maximum atomic E-state index is 5.66. The highest BCUT2D eigenvalue weighted by Gasteiger charge is 2.04. The van der Waals surface area contributed by atoms with Gasteiger partial charge in [-0.05, 0) is 36.8 Å². The van der Waals surface area contributed by atoms with Gasteiger partial charge in [-0.2, -0.15) is 0 Å². The number of nitrogens with one attached hydrogen (secondary N) is 1. The normalized spacial score (nSPS) is 10.4. The summed E-state index contributed by atoms with van der Waals surface area (Å²) in [7, 11) is 0. The number of nitrogen functional groups attached to an aromatic ring is 1. The molecule has 0 saturated heterocycles. The van der Waals surface area contributed by atoms with Crippen LogP contribution in [0.15, 0.2) is 41.6 Å². The lowest BCUT2D eigenvalue weighted by Gasteiger charge is -1.99. The van der Waals surface area contributed by atoms with Gasteiger partial charge in [-0.1, -0.05) is 23.9 Å². The molecule has 0 spiro atoms. The minimum atomic E-state index is 0. The first-order chi connectivity index (χ1) is 9.20. The number of imidazole rings is 1. The van der Waals surface area contributed by atoms with Crippen LogP contribution in [0.25, 0.3) is 11.0 Å². The van der Waals surface area contributed by atoms with Gasteiger partial charge in [0.15, 0.2) is 5.16 Å². The van der Waals surface area contributed by atoms with Crippen molar-refractivity contribution >= 4 is 28.6 Å². The minimum absolute atomic E-state index is 0. The number of benzene rings is 1. The summed E-state index contributed by atoms with van der Waals surface area (Å²) in [5.74, 6) is 1.31. The number of pyridine rings is 1. The fourth-order valence-electron chi connectivity index (χ4n) is 1.89. The van der Waals surface area contributed by atoms with Crippen LogP contribution < -0.4 is 5.73 Å². The van der Waals surface area contributed by atoms with E-state index in [1.165, 1.54) is 5.56 Å². The Hall–Kier alpha value is -2.05. The molecule has 0 bridgehead atoms. The van der Waals surface area contributed by atoms with Crippen LogP contribution in [0.4, 0.5) is 5.82 Å². The topological polar surface area (TPSA) is 99.1 Å². The van der Waals surface area contributed by atoms with Gasteiger partial charge in [-0.3, -0.25) is 0 Å². The van der Waals surface area contributed by atoms with Crippen LogP contribution in [0, 0.1) is 6.92 Å². The molecular weight excluding hydrogens is 272 g/mol. The standard InChI is InChI=1S/C14H14N4S.H2O/c1-9-5-6-11-12(7-9)18-14(17-11)19-8-10-3-2-4-13(15)16-10;/h2-7H,8H2,1H3,(H2,15,16)(H,17,18);1H2. The number of hydrogen-bond donors (Lipinski definition) is 2. The van der Waals surface area contributed by atoms with Gasteiger partial charge in [0.05, 0.1) is 16.7 Å². The SMILES string of the molecule is Cc1ccc2nc(SCc3cccc(N)n3)[nH]c2c1.O. The molecule has 2 heterocycles. The number of H-pyrrole nitrogens is 1. The molecule has 104 valence electrons. The number of nitrogens with two attached hydrogens (primary N) is 1. The van der Waals surface area contributed by atoms with E-state index in [1.54, 1.807) is 17.8 Å². The Morgan fingerprint density at radius 2 is 2.05 bits per heavy atom. The Kier molecular flexibility index (Phi) is 4.26. The van der Waals surface area contributed by atoms with Gasteiger partial charge in [-0.25, -0.2) is 9.97 Å². The molecule has 0 aliphatic heterocycles. The van der Waals surface area contributed by atoms with E-state index in [0.29, 0.717) is 5.82 Å². The second-order valence-corrected chi connectivity index (χ2v) is 5.37. The molecule has 0 amide bonds. The Bertz CT molecular complexity index is 726. The molecule has 5 nitrogen and oxygen atoms in total. The number of nitrogens with zero attached hydrogens (tertiary/aromatic N) is 2. The quantitative estimate of drug-likeness (QED) is 0.722. The Morgan fingerprint density at radius 3 is 2.85 bits per heavy atom. The molecule has 2 aromatic heterocycles. The second kappa shape index (κ2) is 5.94. The summed E-state index contributed by atoms with van der Waals surface area (Å²) in [5, 5.41) is 0.907.